The molecule has 0 aliphatic carbocycles. The van der Waals surface area contributed by atoms with Gasteiger partial charge < -0.3 is 9.26 Å². The Morgan fingerprint density at radius 3 is 2.63 bits per heavy atom. The summed E-state index contributed by atoms with van der Waals surface area (Å²) in [6.45, 7) is 6.87. The molecule has 0 atom stereocenters. The van der Waals surface area contributed by atoms with Crippen molar-refractivity contribution in [3.63, 3.8) is 0 Å². The van der Waals surface area contributed by atoms with Crippen LogP contribution in [-0.4, -0.2) is 27.0 Å². The molecule has 0 spiro atoms. The largest absolute Gasteiger partial charge is 0.485 e. The molecule has 8 heteroatoms. The molecule has 0 fully saturated rings. The Bertz CT molecular complexity index is 1030. The Balaban J connectivity index is 1.82. The van der Waals surface area contributed by atoms with Gasteiger partial charge in [-0.15, -0.1) is 0 Å². The highest BCUT2D eigenvalue weighted by molar-refractivity contribution is 5.98. The maximum atomic E-state index is 12.7. The predicted octanol–water partition coefficient (Wildman–Crippen LogP) is 3.87. The molecule has 2 aromatic heterocycles. The fraction of sp³-hybridized carbons (Fsp3) is 0.263. The van der Waals surface area contributed by atoms with Crippen molar-refractivity contribution in [1.82, 2.24) is 9.72 Å². The zero-order valence-electron chi connectivity index (χ0n) is 15.5. The molecule has 3 aromatic rings. The summed E-state index contributed by atoms with van der Waals surface area (Å²) in [6, 6.07) is 8.10. The van der Waals surface area contributed by atoms with Crippen LogP contribution in [-0.2, 0) is 0 Å². The first-order chi connectivity index (χ1) is 12.8. The van der Waals surface area contributed by atoms with E-state index in [9.17, 15) is 14.9 Å². The lowest BCUT2D eigenvalue weighted by atomic mass is 10.1. The van der Waals surface area contributed by atoms with Crippen LogP contribution < -0.4 is 4.74 Å². The molecule has 0 aliphatic rings. The van der Waals surface area contributed by atoms with Crippen LogP contribution in [0.1, 0.15) is 33.1 Å². The molecular formula is C19H19N3O5. The summed E-state index contributed by atoms with van der Waals surface area (Å²) in [6.07, 6.45) is 0. The van der Waals surface area contributed by atoms with Crippen LogP contribution in [0.4, 0.5) is 5.69 Å². The summed E-state index contributed by atoms with van der Waals surface area (Å²) < 4.78 is 12.5. The number of aromatic nitrogens is 2. The van der Waals surface area contributed by atoms with Gasteiger partial charge in [0.1, 0.15) is 11.5 Å². The van der Waals surface area contributed by atoms with Gasteiger partial charge in [-0.1, -0.05) is 11.2 Å². The topological polar surface area (TPSA) is 100 Å². The van der Waals surface area contributed by atoms with Crippen molar-refractivity contribution in [2.24, 2.45) is 0 Å². The highest BCUT2D eigenvalue weighted by Gasteiger charge is 2.20. The highest BCUT2D eigenvalue weighted by Crippen LogP contribution is 2.27. The van der Waals surface area contributed by atoms with E-state index in [1.165, 1.54) is 12.1 Å². The van der Waals surface area contributed by atoms with Crippen LogP contribution >= 0.6 is 0 Å². The van der Waals surface area contributed by atoms with Crippen LogP contribution in [0.3, 0.4) is 0 Å². The summed E-state index contributed by atoms with van der Waals surface area (Å²) in [5, 5.41) is 15.0. The number of carbonyl (C=O) groups excluding carboxylic acids is 1. The lowest BCUT2D eigenvalue weighted by molar-refractivity contribution is -0.385. The van der Waals surface area contributed by atoms with Gasteiger partial charge in [-0.05, 0) is 39.8 Å². The Morgan fingerprint density at radius 2 is 2.00 bits per heavy atom. The number of hydrogen-bond acceptors (Lipinski definition) is 6. The van der Waals surface area contributed by atoms with E-state index in [-0.39, 0.29) is 18.1 Å². The fourth-order valence-electron chi connectivity index (χ4n) is 3.03. The molecule has 27 heavy (non-hydrogen) atoms. The van der Waals surface area contributed by atoms with Crippen molar-refractivity contribution < 1.29 is 19.0 Å². The third-order valence-electron chi connectivity index (χ3n) is 4.39. The van der Waals surface area contributed by atoms with Gasteiger partial charge in [-0.2, -0.15) is 0 Å². The first-order valence-corrected chi connectivity index (χ1v) is 8.32. The van der Waals surface area contributed by atoms with Crippen LogP contribution in [0.5, 0.6) is 5.75 Å². The maximum Gasteiger partial charge on any atom is 0.276 e. The number of nitro groups is 1. The average molecular weight is 369 g/mol. The third kappa shape index (κ3) is 3.46. The first-order valence-electron chi connectivity index (χ1n) is 8.32. The minimum atomic E-state index is -0.475. The zero-order chi connectivity index (χ0) is 19.7. The summed E-state index contributed by atoms with van der Waals surface area (Å²) in [7, 11) is 0. The molecule has 3 rings (SSSR count). The van der Waals surface area contributed by atoms with Gasteiger partial charge in [0, 0.05) is 29.1 Å². The summed E-state index contributed by atoms with van der Waals surface area (Å²) in [5.74, 6) is 1.38. The molecule has 0 unspecified atom stereocenters. The molecule has 1 aromatic carbocycles. The van der Waals surface area contributed by atoms with Crippen LogP contribution in [0.15, 0.2) is 34.9 Å². The van der Waals surface area contributed by atoms with Crippen molar-refractivity contribution in [1.29, 1.82) is 0 Å². The maximum absolute atomic E-state index is 12.7. The van der Waals surface area contributed by atoms with E-state index in [2.05, 4.69) is 5.16 Å². The van der Waals surface area contributed by atoms with E-state index in [1.54, 1.807) is 32.0 Å². The third-order valence-corrected chi connectivity index (χ3v) is 4.39. The van der Waals surface area contributed by atoms with Gasteiger partial charge in [-0.3, -0.25) is 19.5 Å². The number of ketones is 1. The molecule has 0 radical (unpaired) electrons. The number of nitro benzene ring substituents is 1. The number of nitrogens with zero attached hydrogens (tertiary/aromatic N) is 3. The van der Waals surface area contributed by atoms with Crippen molar-refractivity contribution >= 4 is 11.5 Å². The van der Waals surface area contributed by atoms with Gasteiger partial charge in [0.05, 0.1) is 10.5 Å². The van der Waals surface area contributed by atoms with Gasteiger partial charge in [0.15, 0.2) is 12.4 Å². The second kappa shape index (κ2) is 7.06. The number of benzene rings is 1. The first kappa shape index (κ1) is 18.4. The molecular weight excluding hydrogens is 350 g/mol. The Labute approximate surface area is 155 Å². The van der Waals surface area contributed by atoms with Crippen LogP contribution in [0.25, 0.3) is 5.82 Å². The van der Waals surface area contributed by atoms with Crippen molar-refractivity contribution in [2.75, 3.05) is 6.61 Å². The monoisotopic (exact) mass is 369 g/mol. The summed E-state index contributed by atoms with van der Waals surface area (Å²) >= 11 is 0. The van der Waals surface area contributed by atoms with Crippen molar-refractivity contribution in [3.8, 4) is 11.6 Å². The molecule has 8 nitrogen and oxygen atoms in total. The standard InChI is InChI=1S/C19H19N3O5/c1-11-8-15(14(4)21(11)19-9-12(2)27-20-19)17(23)10-26-18-7-5-6-16(13(18)3)22(24)25/h5-9H,10H2,1-4H3. The molecule has 140 valence electrons. The van der Waals surface area contributed by atoms with Gasteiger partial charge in [-0.25, -0.2) is 0 Å². The van der Waals surface area contributed by atoms with Crippen molar-refractivity contribution in [2.45, 2.75) is 27.7 Å². The number of rotatable bonds is 6. The SMILES string of the molecule is Cc1cc(-n2c(C)cc(C(=O)COc3cccc([N+](=O)[O-])c3C)c2C)no1. The molecule has 0 N–H and O–H groups in total. The van der Waals surface area contributed by atoms with Crippen LogP contribution in [0.2, 0.25) is 0 Å². The Morgan fingerprint density at radius 1 is 1.26 bits per heavy atom. The predicted molar refractivity (Wildman–Crippen MR) is 97.7 cm³/mol. The van der Waals surface area contributed by atoms with Crippen molar-refractivity contribution in [3.05, 3.63) is 68.7 Å². The number of carbonyl (C=O) groups is 1. The van der Waals surface area contributed by atoms with E-state index in [4.69, 9.17) is 9.26 Å². The van der Waals surface area contributed by atoms with Gasteiger partial charge >= 0.3 is 0 Å². The molecule has 0 aliphatic heterocycles. The van der Waals surface area contributed by atoms with E-state index < -0.39 is 4.92 Å². The zero-order valence-corrected chi connectivity index (χ0v) is 15.5. The minimum absolute atomic E-state index is 0.0421. The molecule has 0 saturated heterocycles. The van der Waals surface area contributed by atoms with Crippen LogP contribution in [0, 0.1) is 37.8 Å². The minimum Gasteiger partial charge on any atom is -0.485 e. The number of Topliss-reactive ketones (excluding diaryl/α,β-unsaturated/α-hetero) is 1. The average Bonchev–Trinajstić information content (AvgIpc) is 3.16. The van der Waals surface area contributed by atoms with E-state index in [0.717, 1.165) is 11.4 Å². The molecule has 0 bridgehead atoms. The lowest BCUT2D eigenvalue weighted by Gasteiger charge is -2.09. The Kier molecular flexibility index (Phi) is 4.81. The fourth-order valence-corrected chi connectivity index (χ4v) is 3.03. The smallest absolute Gasteiger partial charge is 0.276 e. The molecule has 0 saturated carbocycles. The van der Waals surface area contributed by atoms with E-state index >= 15 is 0 Å². The second-order valence-electron chi connectivity index (χ2n) is 6.29. The summed E-state index contributed by atoms with van der Waals surface area (Å²) in [4.78, 5) is 23.2. The summed E-state index contributed by atoms with van der Waals surface area (Å²) in [5.41, 5.74) is 2.43. The number of hydrogen-bond donors (Lipinski definition) is 0. The normalized spacial score (nSPS) is 10.8. The highest BCUT2D eigenvalue weighted by atomic mass is 16.6. The Hall–Kier alpha value is -3.42. The van der Waals surface area contributed by atoms with Gasteiger partial charge in [0.25, 0.3) is 5.69 Å². The number of aryl methyl sites for hydroxylation is 2. The lowest BCUT2D eigenvalue weighted by Crippen LogP contribution is -2.13. The quantitative estimate of drug-likeness (QED) is 0.371. The van der Waals surface area contributed by atoms with E-state index in [0.29, 0.717) is 28.5 Å². The second-order valence-corrected chi connectivity index (χ2v) is 6.29. The molecule has 0 amide bonds. The van der Waals surface area contributed by atoms with E-state index in [1.807, 2.05) is 18.4 Å². The number of ether oxygens (including phenoxy) is 1. The van der Waals surface area contributed by atoms with Gasteiger partial charge in [0.2, 0.25) is 5.78 Å². The molecule has 2 heterocycles.